The second kappa shape index (κ2) is 7.08. The Balaban J connectivity index is 1.70. The Bertz CT molecular complexity index is 469. The number of para-hydroxylation sites is 1. The summed E-state index contributed by atoms with van der Waals surface area (Å²) in [5.41, 5.74) is 2.04. The molecule has 0 bridgehead atoms. The molecule has 0 atom stereocenters. The van der Waals surface area contributed by atoms with Crippen LogP contribution in [0.1, 0.15) is 13.3 Å². The quantitative estimate of drug-likeness (QED) is 0.718. The monoisotopic (exact) mass is 248 g/mol. The molecule has 0 aliphatic heterocycles. The van der Waals surface area contributed by atoms with E-state index in [1.54, 1.807) is 0 Å². The number of benzene rings is 1. The van der Waals surface area contributed by atoms with Crippen LogP contribution >= 0.6 is 0 Å². The van der Waals surface area contributed by atoms with E-state index in [2.05, 4.69) is 15.6 Å². The van der Waals surface area contributed by atoms with Crippen molar-refractivity contribution in [2.24, 2.45) is 0 Å². The van der Waals surface area contributed by atoms with E-state index in [1.807, 2.05) is 35.9 Å². The fourth-order valence-corrected chi connectivity index (χ4v) is 1.84. The Morgan fingerprint density at radius 3 is 3.06 bits per heavy atom. The normalized spacial score (nSPS) is 11.2. The van der Waals surface area contributed by atoms with Gasteiger partial charge in [-0.25, -0.2) is 4.68 Å². The van der Waals surface area contributed by atoms with Gasteiger partial charge in [-0.05, 0) is 32.0 Å². The predicted molar refractivity (Wildman–Crippen MR) is 71.5 cm³/mol. The van der Waals surface area contributed by atoms with Crippen LogP contribution in [0, 0.1) is 0 Å². The van der Waals surface area contributed by atoms with Gasteiger partial charge >= 0.3 is 0 Å². The molecule has 0 unspecified atom stereocenters. The summed E-state index contributed by atoms with van der Waals surface area (Å²) in [7, 11) is 0. The lowest BCUT2D eigenvalue weighted by Gasteiger charge is -2.05. The number of rotatable bonds is 8. The van der Waals surface area contributed by atoms with Crippen molar-refractivity contribution in [1.82, 2.24) is 20.3 Å². The zero-order valence-corrected chi connectivity index (χ0v) is 10.8. The summed E-state index contributed by atoms with van der Waals surface area (Å²) in [5, 5.41) is 11.6. The van der Waals surface area contributed by atoms with Crippen LogP contribution in [0.4, 0.5) is 0 Å². The molecular weight excluding hydrogens is 228 g/mol. The fraction of sp³-hybridized carbons (Fsp3) is 0.538. The van der Waals surface area contributed by atoms with E-state index in [9.17, 15) is 0 Å². The van der Waals surface area contributed by atoms with Crippen LogP contribution in [-0.2, 0) is 11.3 Å². The second-order valence-corrected chi connectivity index (χ2v) is 4.10. The van der Waals surface area contributed by atoms with Crippen molar-refractivity contribution in [1.29, 1.82) is 0 Å². The highest BCUT2D eigenvalue weighted by atomic mass is 16.5. The SMILES string of the molecule is CCOCCCNCCn1nnc2ccccc21. The Morgan fingerprint density at radius 2 is 2.17 bits per heavy atom. The Hall–Kier alpha value is -1.46. The number of nitrogens with zero attached hydrogens (tertiary/aromatic N) is 3. The summed E-state index contributed by atoms with van der Waals surface area (Å²) < 4.78 is 7.21. The summed E-state index contributed by atoms with van der Waals surface area (Å²) >= 11 is 0. The molecule has 0 saturated heterocycles. The minimum atomic E-state index is 0.797. The van der Waals surface area contributed by atoms with Crippen molar-refractivity contribution in [3.8, 4) is 0 Å². The smallest absolute Gasteiger partial charge is 0.113 e. The number of hydrogen-bond acceptors (Lipinski definition) is 4. The van der Waals surface area contributed by atoms with E-state index in [0.717, 1.165) is 50.3 Å². The van der Waals surface area contributed by atoms with E-state index in [1.165, 1.54) is 0 Å². The van der Waals surface area contributed by atoms with Crippen molar-refractivity contribution in [3.05, 3.63) is 24.3 Å². The van der Waals surface area contributed by atoms with E-state index in [4.69, 9.17) is 4.74 Å². The summed E-state index contributed by atoms with van der Waals surface area (Å²) in [4.78, 5) is 0. The highest BCUT2D eigenvalue weighted by Gasteiger charge is 2.01. The van der Waals surface area contributed by atoms with Crippen LogP contribution in [0.15, 0.2) is 24.3 Å². The van der Waals surface area contributed by atoms with Gasteiger partial charge in [0.2, 0.25) is 0 Å². The summed E-state index contributed by atoms with van der Waals surface area (Å²) in [6, 6.07) is 8.02. The first-order valence-electron chi connectivity index (χ1n) is 6.48. The van der Waals surface area contributed by atoms with E-state index >= 15 is 0 Å². The van der Waals surface area contributed by atoms with Gasteiger partial charge < -0.3 is 10.1 Å². The summed E-state index contributed by atoms with van der Waals surface area (Å²) in [5.74, 6) is 0. The minimum absolute atomic E-state index is 0.797. The topological polar surface area (TPSA) is 52.0 Å². The molecule has 18 heavy (non-hydrogen) atoms. The third-order valence-electron chi connectivity index (χ3n) is 2.77. The van der Waals surface area contributed by atoms with Gasteiger partial charge in [-0.15, -0.1) is 5.10 Å². The Labute approximate surface area is 107 Å². The molecule has 0 amide bonds. The van der Waals surface area contributed by atoms with Crippen LogP contribution in [0.25, 0.3) is 11.0 Å². The Morgan fingerprint density at radius 1 is 1.28 bits per heavy atom. The van der Waals surface area contributed by atoms with Gasteiger partial charge in [-0.2, -0.15) is 0 Å². The summed E-state index contributed by atoms with van der Waals surface area (Å²) in [6.45, 7) is 6.37. The number of hydrogen-bond donors (Lipinski definition) is 1. The highest BCUT2D eigenvalue weighted by Crippen LogP contribution is 2.08. The predicted octanol–water partition coefficient (Wildman–Crippen LogP) is 1.45. The number of aromatic nitrogens is 3. The molecule has 5 heteroatoms. The standard InChI is InChI=1S/C13H20N4O/c1-2-18-11-5-8-14-9-10-17-13-7-4-3-6-12(13)15-16-17/h3-4,6-7,14H,2,5,8-11H2,1H3. The first kappa shape index (κ1) is 13.0. The van der Waals surface area contributed by atoms with Crippen molar-refractivity contribution in [2.75, 3.05) is 26.3 Å². The number of ether oxygens (including phenoxy) is 1. The largest absolute Gasteiger partial charge is 0.382 e. The molecule has 1 heterocycles. The molecule has 2 rings (SSSR count). The van der Waals surface area contributed by atoms with Crippen LogP contribution in [0.5, 0.6) is 0 Å². The van der Waals surface area contributed by atoms with Crippen LogP contribution < -0.4 is 5.32 Å². The average Bonchev–Trinajstić information content (AvgIpc) is 2.81. The minimum Gasteiger partial charge on any atom is -0.382 e. The molecule has 0 saturated carbocycles. The lowest BCUT2D eigenvalue weighted by molar-refractivity contribution is 0.144. The van der Waals surface area contributed by atoms with Gasteiger partial charge in [0.25, 0.3) is 0 Å². The zero-order valence-electron chi connectivity index (χ0n) is 10.8. The summed E-state index contributed by atoms with van der Waals surface area (Å²) in [6.07, 6.45) is 1.05. The molecule has 98 valence electrons. The molecule has 1 aromatic heterocycles. The maximum Gasteiger partial charge on any atom is 0.113 e. The maximum atomic E-state index is 5.28. The van der Waals surface area contributed by atoms with Gasteiger partial charge in [0.15, 0.2) is 0 Å². The van der Waals surface area contributed by atoms with Crippen LogP contribution in [-0.4, -0.2) is 41.3 Å². The number of nitrogens with one attached hydrogen (secondary N) is 1. The van der Waals surface area contributed by atoms with Gasteiger partial charge in [-0.3, -0.25) is 0 Å². The number of fused-ring (bicyclic) bond motifs is 1. The van der Waals surface area contributed by atoms with Crippen molar-refractivity contribution < 1.29 is 4.74 Å². The highest BCUT2D eigenvalue weighted by molar-refractivity contribution is 5.73. The molecule has 0 fully saturated rings. The van der Waals surface area contributed by atoms with Gasteiger partial charge in [0.05, 0.1) is 12.1 Å². The lowest BCUT2D eigenvalue weighted by atomic mass is 10.3. The van der Waals surface area contributed by atoms with Crippen molar-refractivity contribution >= 4 is 11.0 Å². The van der Waals surface area contributed by atoms with Crippen LogP contribution in [0.2, 0.25) is 0 Å². The van der Waals surface area contributed by atoms with E-state index < -0.39 is 0 Å². The van der Waals surface area contributed by atoms with Crippen LogP contribution in [0.3, 0.4) is 0 Å². The average molecular weight is 248 g/mol. The molecule has 0 aliphatic rings. The van der Waals surface area contributed by atoms with Gasteiger partial charge in [-0.1, -0.05) is 17.3 Å². The van der Waals surface area contributed by atoms with E-state index in [0.29, 0.717) is 0 Å². The molecule has 5 nitrogen and oxygen atoms in total. The second-order valence-electron chi connectivity index (χ2n) is 4.10. The Kier molecular flexibility index (Phi) is 5.11. The first-order valence-corrected chi connectivity index (χ1v) is 6.48. The van der Waals surface area contributed by atoms with Gasteiger partial charge in [0, 0.05) is 19.8 Å². The first-order chi connectivity index (χ1) is 8.92. The molecule has 1 N–H and O–H groups in total. The third kappa shape index (κ3) is 3.51. The molecule has 2 aromatic rings. The van der Waals surface area contributed by atoms with Gasteiger partial charge in [0.1, 0.15) is 5.52 Å². The van der Waals surface area contributed by atoms with E-state index in [-0.39, 0.29) is 0 Å². The fourth-order valence-electron chi connectivity index (χ4n) is 1.84. The van der Waals surface area contributed by atoms with Crippen molar-refractivity contribution in [2.45, 2.75) is 19.9 Å². The lowest BCUT2D eigenvalue weighted by Crippen LogP contribution is -2.22. The maximum absolute atomic E-state index is 5.28. The zero-order chi connectivity index (χ0) is 12.6. The molecule has 0 aliphatic carbocycles. The molecule has 1 aromatic carbocycles. The van der Waals surface area contributed by atoms with Crippen molar-refractivity contribution in [3.63, 3.8) is 0 Å². The third-order valence-corrected chi connectivity index (χ3v) is 2.77. The molecular formula is C13H20N4O. The molecule has 0 radical (unpaired) electrons. The molecule has 0 spiro atoms.